The van der Waals surface area contributed by atoms with E-state index in [2.05, 4.69) is 10.6 Å². The maximum atomic E-state index is 13.6. The van der Waals surface area contributed by atoms with Gasteiger partial charge in [0.25, 0.3) is 11.6 Å². The molecule has 0 aromatic heterocycles. The Bertz CT molecular complexity index is 501. The van der Waals surface area contributed by atoms with Crippen LogP contribution in [0.3, 0.4) is 0 Å². The number of nitro groups is 1. The third kappa shape index (κ3) is 3.25. The number of non-ortho nitro benzene ring substituents is 1. The minimum atomic E-state index is -0.883. The SMILES string of the molecule is O=C(NCC1CCCN1)c1ccc([N+](=O)[O-])cc1F. The minimum Gasteiger partial charge on any atom is -0.350 e. The van der Waals surface area contributed by atoms with Gasteiger partial charge in [0.05, 0.1) is 16.6 Å². The van der Waals surface area contributed by atoms with Crippen molar-refractivity contribution in [2.45, 2.75) is 18.9 Å². The largest absolute Gasteiger partial charge is 0.350 e. The number of nitrogens with zero attached hydrogens (tertiary/aromatic N) is 1. The predicted octanol–water partition coefficient (Wildman–Crippen LogP) is 1.22. The summed E-state index contributed by atoms with van der Waals surface area (Å²) in [6.45, 7) is 1.35. The summed E-state index contributed by atoms with van der Waals surface area (Å²) in [6.07, 6.45) is 2.04. The third-order valence-electron chi connectivity index (χ3n) is 3.08. The second-order valence-electron chi connectivity index (χ2n) is 4.42. The Labute approximate surface area is 109 Å². The Kier molecular flexibility index (Phi) is 4.06. The number of hydrogen-bond donors (Lipinski definition) is 2. The molecule has 1 atom stereocenters. The molecule has 0 radical (unpaired) electrons. The van der Waals surface area contributed by atoms with Gasteiger partial charge in [0, 0.05) is 18.7 Å². The quantitative estimate of drug-likeness (QED) is 0.634. The van der Waals surface area contributed by atoms with Gasteiger partial charge in [0.1, 0.15) is 5.82 Å². The number of nitro benzene ring substituents is 1. The third-order valence-corrected chi connectivity index (χ3v) is 3.08. The molecule has 2 N–H and O–H groups in total. The molecule has 0 bridgehead atoms. The summed E-state index contributed by atoms with van der Waals surface area (Å²) in [7, 11) is 0. The number of halogens is 1. The first-order valence-electron chi connectivity index (χ1n) is 6.03. The van der Waals surface area contributed by atoms with Crippen LogP contribution >= 0.6 is 0 Å². The van der Waals surface area contributed by atoms with Gasteiger partial charge in [-0.05, 0) is 25.5 Å². The van der Waals surface area contributed by atoms with Gasteiger partial charge in [-0.3, -0.25) is 14.9 Å². The number of carbonyl (C=O) groups excluding carboxylic acids is 1. The summed E-state index contributed by atoms with van der Waals surface area (Å²) in [5, 5.41) is 16.3. The van der Waals surface area contributed by atoms with Crippen LogP contribution < -0.4 is 10.6 Å². The molecular weight excluding hydrogens is 253 g/mol. The van der Waals surface area contributed by atoms with Crippen molar-refractivity contribution in [3.63, 3.8) is 0 Å². The van der Waals surface area contributed by atoms with Crippen LogP contribution in [0, 0.1) is 15.9 Å². The number of nitrogens with one attached hydrogen (secondary N) is 2. The van der Waals surface area contributed by atoms with Crippen molar-refractivity contribution in [1.82, 2.24) is 10.6 Å². The van der Waals surface area contributed by atoms with Gasteiger partial charge < -0.3 is 10.6 Å². The number of hydrogen-bond acceptors (Lipinski definition) is 4. The molecule has 2 rings (SSSR count). The molecule has 7 heteroatoms. The average molecular weight is 267 g/mol. The smallest absolute Gasteiger partial charge is 0.272 e. The van der Waals surface area contributed by atoms with E-state index in [1.54, 1.807) is 0 Å². The number of benzene rings is 1. The van der Waals surface area contributed by atoms with Gasteiger partial charge in [-0.15, -0.1) is 0 Å². The Balaban J connectivity index is 2.00. The summed E-state index contributed by atoms with van der Waals surface area (Å²) < 4.78 is 13.6. The molecule has 1 aromatic rings. The van der Waals surface area contributed by atoms with Crippen molar-refractivity contribution in [1.29, 1.82) is 0 Å². The highest BCUT2D eigenvalue weighted by atomic mass is 19.1. The van der Waals surface area contributed by atoms with Crippen LogP contribution in [-0.4, -0.2) is 30.0 Å². The second-order valence-corrected chi connectivity index (χ2v) is 4.42. The van der Waals surface area contributed by atoms with E-state index < -0.39 is 16.6 Å². The molecule has 0 aliphatic carbocycles. The molecule has 1 aromatic carbocycles. The maximum Gasteiger partial charge on any atom is 0.272 e. The van der Waals surface area contributed by atoms with E-state index in [0.29, 0.717) is 6.54 Å². The summed E-state index contributed by atoms with van der Waals surface area (Å²) in [5.74, 6) is -1.44. The summed E-state index contributed by atoms with van der Waals surface area (Å²) >= 11 is 0. The van der Waals surface area contributed by atoms with Crippen molar-refractivity contribution < 1.29 is 14.1 Å². The Morgan fingerprint density at radius 2 is 2.37 bits per heavy atom. The molecule has 1 amide bonds. The normalized spacial score (nSPS) is 18.3. The van der Waals surface area contributed by atoms with Crippen LogP contribution in [-0.2, 0) is 0 Å². The maximum absolute atomic E-state index is 13.6. The lowest BCUT2D eigenvalue weighted by atomic mass is 10.1. The van der Waals surface area contributed by atoms with Crippen molar-refractivity contribution in [2.75, 3.05) is 13.1 Å². The number of carbonyl (C=O) groups is 1. The van der Waals surface area contributed by atoms with E-state index in [4.69, 9.17) is 0 Å². The molecular formula is C12H14FN3O3. The van der Waals surface area contributed by atoms with Gasteiger partial charge in [-0.25, -0.2) is 4.39 Å². The van der Waals surface area contributed by atoms with Gasteiger partial charge >= 0.3 is 0 Å². The molecule has 1 saturated heterocycles. The van der Waals surface area contributed by atoms with E-state index >= 15 is 0 Å². The molecule has 1 aliphatic rings. The van der Waals surface area contributed by atoms with Crippen LogP contribution in [0.2, 0.25) is 0 Å². The minimum absolute atomic E-state index is 0.177. The zero-order valence-electron chi connectivity index (χ0n) is 10.2. The van der Waals surface area contributed by atoms with Crippen LogP contribution in [0.15, 0.2) is 18.2 Å². The highest BCUT2D eigenvalue weighted by Crippen LogP contribution is 2.16. The van der Waals surface area contributed by atoms with Crippen LogP contribution in [0.4, 0.5) is 10.1 Å². The van der Waals surface area contributed by atoms with Gasteiger partial charge in [-0.2, -0.15) is 0 Å². The van der Waals surface area contributed by atoms with E-state index in [1.807, 2.05) is 0 Å². The zero-order chi connectivity index (χ0) is 13.8. The Hall–Kier alpha value is -2.02. The lowest BCUT2D eigenvalue weighted by Crippen LogP contribution is -2.37. The highest BCUT2D eigenvalue weighted by Gasteiger charge is 2.18. The molecule has 1 heterocycles. The molecule has 102 valence electrons. The molecule has 6 nitrogen and oxygen atoms in total. The van der Waals surface area contributed by atoms with E-state index in [9.17, 15) is 19.3 Å². The summed E-state index contributed by atoms with van der Waals surface area (Å²) in [6, 6.07) is 3.21. The van der Waals surface area contributed by atoms with Crippen molar-refractivity contribution in [3.05, 3.63) is 39.7 Å². The fraction of sp³-hybridized carbons (Fsp3) is 0.417. The average Bonchev–Trinajstić information content (AvgIpc) is 2.88. The number of amides is 1. The van der Waals surface area contributed by atoms with E-state index in [-0.39, 0.29) is 17.3 Å². The fourth-order valence-corrected chi connectivity index (χ4v) is 2.04. The van der Waals surface area contributed by atoms with E-state index in [1.165, 1.54) is 0 Å². The molecule has 1 aliphatic heterocycles. The van der Waals surface area contributed by atoms with Crippen molar-refractivity contribution in [2.24, 2.45) is 0 Å². The number of rotatable bonds is 4. The van der Waals surface area contributed by atoms with Crippen molar-refractivity contribution >= 4 is 11.6 Å². The molecule has 1 fully saturated rings. The van der Waals surface area contributed by atoms with Gasteiger partial charge in [-0.1, -0.05) is 0 Å². The molecule has 19 heavy (non-hydrogen) atoms. The first-order valence-corrected chi connectivity index (χ1v) is 6.03. The molecule has 1 unspecified atom stereocenters. The Morgan fingerprint density at radius 3 is 2.95 bits per heavy atom. The summed E-state index contributed by atoms with van der Waals surface area (Å²) in [5.41, 5.74) is -0.546. The predicted molar refractivity (Wildman–Crippen MR) is 66.4 cm³/mol. The van der Waals surface area contributed by atoms with Gasteiger partial charge in [0.15, 0.2) is 0 Å². The van der Waals surface area contributed by atoms with Crippen LogP contribution in [0.5, 0.6) is 0 Å². The topological polar surface area (TPSA) is 84.3 Å². The first-order chi connectivity index (χ1) is 9.08. The molecule has 0 saturated carbocycles. The zero-order valence-corrected chi connectivity index (χ0v) is 10.2. The second kappa shape index (κ2) is 5.75. The lowest BCUT2D eigenvalue weighted by Gasteiger charge is -2.11. The van der Waals surface area contributed by atoms with Crippen LogP contribution in [0.1, 0.15) is 23.2 Å². The standard InChI is InChI=1S/C12H14FN3O3/c13-11-6-9(16(18)19)3-4-10(11)12(17)15-7-8-2-1-5-14-8/h3-4,6,8,14H,1-2,5,7H2,(H,15,17). The highest BCUT2D eigenvalue weighted by molar-refractivity contribution is 5.94. The molecule has 0 spiro atoms. The lowest BCUT2D eigenvalue weighted by molar-refractivity contribution is -0.385. The first kappa shape index (κ1) is 13.4. The van der Waals surface area contributed by atoms with Crippen molar-refractivity contribution in [3.8, 4) is 0 Å². The fourth-order valence-electron chi connectivity index (χ4n) is 2.04. The van der Waals surface area contributed by atoms with E-state index in [0.717, 1.165) is 37.6 Å². The summed E-state index contributed by atoms with van der Waals surface area (Å²) in [4.78, 5) is 21.5. The van der Waals surface area contributed by atoms with Crippen LogP contribution in [0.25, 0.3) is 0 Å². The Morgan fingerprint density at radius 1 is 1.58 bits per heavy atom. The van der Waals surface area contributed by atoms with Gasteiger partial charge in [0.2, 0.25) is 0 Å². The monoisotopic (exact) mass is 267 g/mol.